The summed E-state index contributed by atoms with van der Waals surface area (Å²) in [6.07, 6.45) is 7.45. The van der Waals surface area contributed by atoms with Crippen LogP contribution >= 0.6 is 23.2 Å². The second-order valence-corrected chi connectivity index (χ2v) is 9.92. The van der Waals surface area contributed by atoms with Crippen LogP contribution in [0.2, 0.25) is 10.3 Å². The molecule has 2 rings (SSSR count). The van der Waals surface area contributed by atoms with Crippen molar-refractivity contribution >= 4 is 35.1 Å². The zero-order valence-corrected chi connectivity index (χ0v) is 22.6. The van der Waals surface area contributed by atoms with Crippen LogP contribution in [0.3, 0.4) is 0 Å². The highest BCUT2D eigenvalue weighted by Gasteiger charge is 2.29. The molecule has 1 fully saturated rings. The summed E-state index contributed by atoms with van der Waals surface area (Å²) >= 11 is 12.0. The lowest BCUT2D eigenvalue weighted by Gasteiger charge is -2.40. The van der Waals surface area contributed by atoms with Crippen molar-refractivity contribution < 1.29 is 9.59 Å². The maximum absolute atomic E-state index is 12.7. The third-order valence-electron chi connectivity index (χ3n) is 6.62. The van der Waals surface area contributed by atoms with Gasteiger partial charge in [-0.05, 0) is 58.1 Å². The zero-order chi connectivity index (χ0) is 25.1. The van der Waals surface area contributed by atoms with Gasteiger partial charge in [0.25, 0.3) is 5.91 Å². The first kappa shape index (κ1) is 28.7. The van der Waals surface area contributed by atoms with Gasteiger partial charge in [0.05, 0.1) is 5.56 Å². The Balaban J connectivity index is 1.81. The Morgan fingerprint density at radius 2 is 1.88 bits per heavy atom. The summed E-state index contributed by atoms with van der Waals surface area (Å²) < 4.78 is 0. The molecule has 1 aliphatic heterocycles. The first-order valence-corrected chi connectivity index (χ1v) is 13.4. The van der Waals surface area contributed by atoms with Crippen LogP contribution in [0.1, 0.15) is 81.6 Å². The van der Waals surface area contributed by atoms with Gasteiger partial charge in [0.1, 0.15) is 10.3 Å². The normalized spacial score (nSPS) is 15.7. The van der Waals surface area contributed by atoms with Gasteiger partial charge in [-0.1, -0.05) is 49.4 Å². The van der Waals surface area contributed by atoms with Crippen molar-refractivity contribution in [2.45, 2.75) is 84.7 Å². The Bertz CT molecular complexity index is 777. The fourth-order valence-corrected chi connectivity index (χ4v) is 5.20. The number of piperidine rings is 1. The van der Waals surface area contributed by atoms with Gasteiger partial charge in [0.15, 0.2) is 0 Å². The van der Waals surface area contributed by atoms with E-state index < -0.39 is 0 Å². The van der Waals surface area contributed by atoms with Crippen molar-refractivity contribution in [2.24, 2.45) is 0 Å². The molecular weight excluding hydrogens is 473 g/mol. The first-order chi connectivity index (χ1) is 16.3. The molecule has 1 saturated heterocycles. The first-order valence-electron chi connectivity index (χ1n) is 12.7. The predicted molar refractivity (Wildman–Crippen MR) is 140 cm³/mol. The molecule has 2 N–H and O–H groups in total. The van der Waals surface area contributed by atoms with E-state index in [0.717, 1.165) is 45.3 Å². The Labute approximate surface area is 214 Å². The number of carbonyl (C=O) groups is 2. The van der Waals surface area contributed by atoms with E-state index in [1.54, 1.807) is 13.0 Å². The van der Waals surface area contributed by atoms with Crippen molar-refractivity contribution in [3.8, 4) is 0 Å². The number of nitrogens with one attached hydrogen (secondary N) is 2. The number of halogens is 2. The highest BCUT2D eigenvalue weighted by atomic mass is 35.5. The number of hydrogen-bond donors (Lipinski definition) is 2. The minimum Gasteiger partial charge on any atom is -0.352 e. The van der Waals surface area contributed by atoms with E-state index in [9.17, 15) is 9.59 Å². The van der Waals surface area contributed by atoms with Gasteiger partial charge in [-0.15, -0.1) is 0 Å². The van der Waals surface area contributed by atoms with E-state index in [1.807, 2.05) is 6.92 Å². The molecule has 3 amide bonds. The molecule has 0 spiro atoms. The molecule has 2 heterocycles. The van der Waals surface area contributed by atoms with E-state index in [1.165, 1.54) is 19.3 Å². The second-order valence-electron chi connectivity index (χ2n) is 9.18. The number of hydrogen-bond acceptors (Lipinski definition) is 4. The van der Waals surface area contributed by atoms with E-state index in [0.29, 0.717) is 36.3 Å². The van der Waals surface area contributed by atoms with Crippen molar-refractivity contribution in [2.75, 3.05) is 32.7 Å². The molecule has 0 bridgehead atoms. The molecule has 9 heteroatoms. The standard InChI is InChI=1S/C25H41Cl2N5O2/c1-5-7-8-9-14-32(25(34)28-6-2)20-11-15-31(16-12-20)19(4)10-13-29-24(33)22-18(3)17-21(26)30-23(22)27/h17,19-20H,5-16H2,1-4H3,(H,28,34)(H,29,33). The number of aromatic nitrogens is 1. The maximum atomic E-state index is 12.7. The number of unbranched alkanes of at least 4 members (excludes halogenated alkanes) is 3. The molecule has 1 aromatic heterocycles. The second kappa shape index (κ2) is 14.7. The number of amides is 3. The Hall–Kier alpha value is -1.57. The fourth-order valence-electron chi connectivity index (χ4n) is 4.58. The van der Waals surface area contributed by atoms with Gasteiger partial charge in [-0.25, -0.2) is 9.78 Å². The number of carbonyl (C=O) groups excluding carboxylic acids is 2. The molecule has 34 heavy (non-hydrogen) atoms. The van der Waals surface area contributed by atoms with Gasteiger partial charge in [-0.2, -0.15) is 0 Å². The van der Waals surface area contributed by atoms with E-state index in [-0.39, 0.29) is 22.2 Å². The number of pyridine rings is 1. The third-order valence-corrected chi connectivity index (χ3v) is 7.09. The molecule has 0 saturated carbocycles. The van der Waals surface area contributed by atoms with Crippen molar-refractivity contribution in [1.82, 2.24) is 25.4 Å². The van der Waals surface area contributed by atoms with Crippen LogP contribution in [0, 0.1) is 6.92 Å². The fraction of sp³-hybridized carbons (Fsp3) is 0.720. The molecule has 7 nitrogen and oxygen atoms in total. The monoisotopic (exact) mass is 513 g/mol. The number of urea groups is 1. The topological polar surface area (TPSA) is 77.6 Å². The minimum atomic E-state index is -0.224. The van der Waals surface area contributed by atoms with Crippen molar-refractivity contribution in [1.29, 1.82) is 0 Å². The summed E-state index contributed by atoms with van der Waals surface area (Å²) in [4.78, 5) is 33.7. The van der Waals surface area contributed by atoms with E-state index in [2.05, 4.69) is 39.3 Å². The smallest absolute Gasteiger partial charge is 0.317 e. The highest BCUT2D eigenvalue weighted by molar-refractivity contribution is 6.34. The lowest BCUT2D eigenvalue weighted by atomic mass is 10.0. The van der Waals surface area contributed by atoms with Gasteiger partial charge >= 0.3 is 6.03 Å². The van der Waals surface area contributed by atoms with Crippen molar-refractivity contribution in [3.05, 3.63) is 27.5 Å². The summed E-state index contributed by atoms with van der Waals surface area (Å²) in [5.74, 6) is -0.224. The largest absolute Gasteiger partial charge is 0.352 e. The van der Waals surface area contributed by atoms with Crippen LogP contribution in [0.15, 0.2) is 6.07 Å². The molecule has 1 aromatic rings. The lowest BCUT2D eigenvalue weighted by Crippen LogP contribution is -2.52. The molecular formula is C25H41Cl2N5O2. The summed E-state index contributed by atoms with van der Waals surface area (Å²) in [6.45, 7) is 12.1. The van der Waals surface area contributed by atoms with E-state index in [4.69, 9.17) is 23.2 Å². The Morgan fingerprint density at radius 1 is 1.18 bits per heavy atom. The summed E-state index contributed by atoms with van der Waals surface area (Å²) in [7, 11) is 0. The minimum absolute atomic E-state index is 0.0684. The molecule has 192 valence electrons. The average molecular weight is 515 g/mol. The molecule has 0 aromatic carbocycles. The van der Waals surface area contributed by atoms with Crippen LogP contribution in [-0.4, -0.2) is 71.5 Å². The molecule has 1 atom stereocenters. The maximum Gasteiger partial charge on any atom is 0.317 e. The summed E-state index contributed by atoms with van der Waals surface area (Å²) in [5.41, 5.74) is 1.09. The van der Waals surface area contributed by atoms with E-state index >= 15 is 0 Å². The van der Waals surface area contributed by atoms with Crippen LogP contribution in [0.25, 0.3) is 0 Å². The van der Waals surface area contributed by atoms with Crippen LogP contribution < -0.4 is 10.6 Å². The van der Waals surface area contributed by atoms with Gasteiger partial charge < -0.3 is 20.4 Å². The average Bonchev–Trinajstić information content (AvgIpc) is 2.78. The molecule has 0 aliphatic carbocycles. The quantitative estimate of drug-likeness (QED) is 0.294. The molecule has 1 aliphatic rings. The lowest BCUT2D eigenvalue weighted by molar-refractivity contribution is 0.0914. The van der Waals surface area contributed by atoms with Gasteiger partial charge in [0.2, 0.25) is 0 Å². The Kier molecular flexibility index (Phi) is 12.4. The van der Waals surface area contributed by atoms with Crippen LogP contribution in [0.4, 0.5) is 4.79 Å². The van der Waals surface area contributed by atoms with Crippen LogP contribution in [-0.2, 0) is 0 Å². The Morgan fingerprint density at radius 3 is 2.50 bits per heavy atom. The number of rotatable bonds is 12. The SMILES string of the molecule is CCCCCCN(C(=O)NCC)C1CCN(C(C)CCNC(=O)c2c(C)cc(Cl)nc2Cl)CC1. The number of likely N-dealkylation sites (tertiary alicyclic amines) is 1. The number of aryl methyl sites for hydroxylation is 1. The third kappa shape index (κ3) is 8.58. The molecule has 1 unspecified atom stereocenters. The van der Waals surface area contributed by atoms with Gasteiger partial charge in [-0.3, -0.25) is 4.79 Å². The summed E-state index contributed by atoms with van der Waals surface area (Å²) in [5, 5.41) is 6.37. The molecule has 0 radical (unpaired) electrons. The zero-order valence-electron chi connectivity index (χ0n) is 21.1. The predicted octanol–water partition coefficient (Wildman–Crippen LogP) is 5.28. The highest BCUT2D eigenvalue weighted by Crippen LogP contribution is 2.22. The number of nitrogens with zero attached hydrogens (tertiary/aromatic N) is 3. The summed E-state index contributed by atoms with van der Waals surface area (Å²) in [6, 6.07) is 2.34. The van der Waals surface area contributed by atoms with Gasteiger partial charge in [0, 0.05) is 44.8 Å². The van der Waals surface area contributed by atoms with Crippen molar-refractivity contribution in [3.63, 3.8) is 0 Å². The van der Waals surface area contributed by atoms with Crippen LogP contribution in [0.5, 0.6) is 0 Å².